The number of aromatic hydroxyl groups is 1. The molecule has 2 aromatic rings. The fourth-order valence-electron chi connectivity index (χ4n) is 4.51. The summed E-state index contributed by atoms with van der Waals surface area (Å²) in [5.74, 6) is 0.330. The molecule has 29 heavy (non-hydrogen) atoms. The van der Waals surface area contributed by atoms with Crippen LogP contribution in [0.3, 0.4) is 0 Å². The molecule has 0 unspecified atom stereocenters. The number of amides is 1. The van der Waals surface area contributed by atoms with E-state index in [9.17, 15) is 9.90 Å². The van der Waals surface area contributed by atoms with Crippen LogP contribution < -0.4 is 5.32 Å². The van der Waals surface area contributed by atoms with Crippen LogP contribution in [0, 0.1) is 0 Å². The standard InChI is InChI=1S/C23H35N3O3/c1-17(2)26(18-9-8-12-24-16-18)22(27)15-21-23(28)19-10-4-5-11-20(19)25(21)13-6-7-14-29-3/h4-5,10-11,17-18,24,28H,6-9,12-16H2,1-3H3/t18-/m1/s1. The lowest BCUT2D eigenvalue weighted by Crippen LogP contribution is -2.52. The topological polar surface area (TPSA) is 66.7 Å². The SMILES string of the molecule is COCCCCn1c(CC(=O)N(C(C)C)[C@@H]2CCCNC2)c(O)c2ccccc21. The number of piperidine rings is 1. The maximum Gasteiger partial charge on any atom is 0.229 e. The van der Waals surface area contributed by atoms with Gasteiger partial charge in [-0.25, -0.2) is 0 Å². The lowest BCUT2D eigenvalue weighted by Gasteiger charge is -2.37. The normalized spacial score (nSPS) is 17.2. The summed E-state index contributed by atoms with van der Waals surface area (Å²) in [4.78, 5) is 15.4. The zero-order valence-electron chi connectivity index (χ0n) is 18.0. The van der Waals surface area contributed by atoms with E-state index in [0.29, 0.717) is 0 Å². The molecule has 2 N–H and O–H groups in total. The van der Waals surface area contributed by atoms with Gasteiger partial charge in [-0.15, -0.1) is 0 Å². The predicted molar refractivity (Wildman–Crippen MR) is 116 cm³/mol. The number of methoxy groups -OCH3 is 1. The molecule has 6 nitrogen and oxygen atoms in total. The Hall–Kier alpha value is -2.05. The van der Waals surface area contributed by atoms with Crippen LogP contribution in [0.25, 0.3) is 10.9 Å². The number of nitrogens with zero attached hydrogens (tertiary/aromatic N) is 2. The van der Waals surface area contributed by atoms with Gasteiger partial charge < -0.3 is 24.6 Å². The minimum absolute atomic E-state index is 0.0879. The third-order valence-corrected chi connectivity index (χ3v) is 5.86. The smallest absolute Gasteiger partial charge is 0.229 e. The molecule has 1 saturated heterocycles. The van der Waals surface area contributed by atoms with Gasteiger partial charge in [0.15, 0.2) is 0 Å². The summed E-state index contributed by atoms with van der Waals surface area (Å²) in [5, 5.41) is 15.2. The fourth-order valence-corrected chi connectivity index (χ4v) is 4.51. The first-order chi connectivity index (χ1) is 14.0. The van der Waals surface area contributed by atoms with Gasteiger partial charge in [0.1, 0.15) is 5.75 Å². The second kappa shape index (κ2) is 10.1. The first-order valence-corrected chi connectivity index (χ1v) is 10.8. The molecule has 2 heterocycles. The number of benzene rings is 1. The molecule has 0 spiro atoms. The number of unbranched alkanes of at least 4 members (excludes halogenated alkanes) is 1. The van der Waals surface area contributed by atoms with Gasteiger partial charge in [-0.1, -0.05) is 12.1 Å². The van der Waals surface area contributed by atoms with Gasteiger partial charge in [0.25, 0.3) is 0 Å². The van der Waals surface area contributed by atoms with Gasteiger partial charge in [0.2, 0.25) is 5.91 Å². The Balaban J connectivity index is 1.87. The third-order valence-electron chi connectivity index (χ3n) is 5.86. The Morgan fingerprint density at radius 2 is 2.14 bits per heavy atom. The number of hydrogen-bond donors (Lipinski definition) is 2. The molecule has 1 aromatic heterocycles. The molecule has 0 bridgehead atoms. The Bertz CT molecular complexity index is 809. The lowest BCUT2D eigenvalue weighted by atomic mass is 10.0. The zero-order chi connectivity index (χ0) is 20.8. The summed E-state index contributed by atoms with van der Waals surface area (Å²) in [6.45, 7) is 7.50. The summed E-state index contributed by atoms with van der Waals surface area (Å²) in [6, 6.07) is 8.21. The first kappa shape index (κ1) is 21.7. The maximum absolute atomic E-state index is 13.4. The van der Waals surface area contributed by atoms with E-state index >= 15 is 0 Å². The zero-order valence-corrected chi connectivity index (χ0v) is 18.0. The van der Waals surface area contributed by atoms with Crippen LogP contribution in [0.15, 0.2) is 24.3 Å². The van der Waals surface area contributed by atoms with Crippen molar-refractivity contribution in [1.82, 2.24) is 14.8 Å². The second-order valence-corrected chi connectivity index (χ2v) is 8.24. The van der Waals surface area contributed by atoms with Crippen molar-refractivity contribution in [3.8, 4) is 5.75 Å². The average Bonchev–Trinajstić information content (AvgIpc) is 2.98. The molecule has 160 valence electrons. The number of fused-ring (bicyclic) bond motifs is 1. The van der Waals surface area contributed by atoms with Crippen molar-refractivity contribution in [2.75, 3.05) is 26.8 Å². The number of carbonyl (C=O) groups is 1. The summed E-state index contributed by atoms with van der Waals surface area (Å²) in [7, 11) is 1.71. The first-order valence-electron chi connectivity index (χ1n) is 10.8. The Morgan fingerprint density at radius 1 is 1.34 bits per heavy atom. The summed E-state index contributed by atoms with van der Waals surface area (Å²) >= 11 is 0. The van der Waals surface area contributed by atoms with Crippen molar-refractivity contribution in [3.05, 3.63) is 30.0 Å². The Kier molecular flexibility index (Phi) is 7.56. The minimum Gasteiger partial charge on any atom is -0.505 e. The van der Waals surface area contributed by atoms with Gasteiger partial charge in [0, 0.05) is 44.3 Å². The van der Waals surface area contributed by atoms with Crippen molar-refractivity contribution < 1.29 is 14.6 Å². The van der Waals surface area contributed by atoms with E-state index in [1.165, 1.54) is 0 Å². The molecule has 6 heteroatoms. The van der Waals surface area contributed by atoms with Crippen LogP contribution in [-0.2, 0) is 22.5 Å². The van der Waals surface area contributed by atoms with Crippen molar-refractivity contribution in [2.45, 2.75) is 64.6 Å². The van der Waals surface area contributed by atoms with E-state index in [0.717, 1.165) is 68.5 Å². The van der Waals surface area contributed by atoms with Crippen molar-refractivity contribution in [2.24, 2.45) is 0 Å². The van der Waals surface area contributed by atoms with E-state index in [-0.39, 0.29) is 30.2 Å². The quantitative estimate of drug-likeness (QED) is 0.633. The number of aryl methyl sites for hydroxylation is 1. The van der Waals surface area contributed by atoms with Gasteiger partial charge in [0.05, 0.1) is 17.6 Å². The molecule has 0 aliphatic carbocycles. The molecular weight excluding hydrogens is 366 g/mol. The number of para-hydroxylation sites is 1. The predicted octanol–water partition coefficient (Wildman–Crippen LogP) is 3.31. The fraction of sp³-hybridized carbons (Fsp3) is 0.609. The lowest BCUT2D eigenvalue weighted by molar-refractivity contribution is -0.135. The Morgan fingerprint density at radius 3 is 2.83 bits per heavy atom. The van der Waals surface area contributed by atoms with Crippen molar-refractivity contribution in [1.29, 1.82) is 0 Å². The van der Waals surface area contributed by atoms with Crippen molar-refractivity contribution >= 4 is 16.8 Å². The highest BCUT2D eigenvalue weighted by Gasteiger charge is 2.29. The van der Waals surface area contributed by atoms with Gasteiger partial charge in [-0.3, -0.25) is 4.79 Å². The largest absolute Gasteiger partial charge is 0.505 e. The number of rotatable bonds is 9. The van der Waals surface area contributed by atoms with Gasteiger partial charge >= 0.3 is 0 Å². The summed E-state index contributed by atoms with van der Waals surface area (Å²) < 4.78 is 7.29. The molecule has 1 fully saturated rings. The average molecular weight is 402 g/mol. The van der Waals surface area contributed by atoms with Crippen LogP contribution in [0.4, 0.5) is 0 Å². The second-order valence-electron chi connectivity index (χ2n) is 8.24. The molecule has 0 radical (unpaired) electrons. The molecule has 1 aliphatic heterocycles. The van der Waals surface area contributed by atoms with Gasteiger partial charge in [-0.2, -0.15) is 0 Å². The van der Waals surface area contributed by atoms with Crippen LogP contribution in [0.2, 0.25) is 0 Å². The molecular formula is C23H35N3O3. The van der Waals surface area contributed by atoms with E-state index in [1.807, 2.05) is 29.2 Å². The van der Waals surface area contributed by atoms with Crippen LogP contribution in [0.1, 0.15) is 45.2 Å². The van der Waals surface area contributed by atoms with Crippen LogP contribution in [0.5, 0.6) is 5.75 Å². The van der Waals surface area contributed by atoms with E-state index in [2.05, 4.69) is 23.7 Å². The van der Waals surface area contributed by atoms with Crippen molar-refractivity contribution in [3.63, 3.8) is 0 Å². The highest BCUT2D eigenvalue weighted by atomic mass is 16.5. The summed E-state index contributed by atoms with van der Waals surface area (Å²) in [6.07, 6.45) is 4.23. The number of nitrogens with one attached hydrogen (secondary N) is 1. The monoisotopic (exact) mass is 401 g/mol. The van der Waals surface area contributed by atoms with Crippen LogP contribution in [-0.4, -0.2) is 59.4 Å². The molecule has 1 amide bonds. The maximum atomic E-state index is 13.4. The molecule has 0 saturated carbocycles. The van der Waals surface area contributed by atoms with Gasteiger partial charge in [-0.05, 0) is 58.2 Å². The molecule has 1 aromatic carbocycles. The highest BCUT2D eigenvalue weighted by molar-refractivity contribution is 5.91. The molecule has 3 rings (SSSR count). The number of hydrogen-bond acceptors (Lipinski definition) is 4. The highest BCUT2D eigenvalue weighted by Crippen LogP contribution is 2.33. The number of aromatic nitrogens is 1. The Labute approximate surface area is 173 Å². The third kappa shape index (κ3) is 4.93. The minimum atomic E-state index is 0.0879. The molecule has 1 aliphatic rings. The number of ether oxygens (including phenoxy) is 1. The molecule has 1 atom stereocenters. The van der Waals surface area contributed by atoms with E-state index in [1.54, 1.807) is 7.11 Å². The van der Waals surface area contributed by atoms with Crippen LogP contribution >= 0.6 is 0 Å². The number of carbonyl (C=O) groups excluding carboxylic acids is 1. The van der Waals surface area contributed by atoms with E-state index in [4.69, 9.17) is 4.74 Å². The summed E-state index contributed by atoms with van der Waals surface area (Å²) in [5.41, 5.74) is 1.71. The van der Waals surface area contributed by atoms with E-state index < -0.39 is 0 Å².